The highest BCUT2D eigenvalue weighted by Crippen LogP contribution is 2.12. The molecule has 6 heteroatoms. The monoisotopic (exact) mass is 331 g/mol. The number of hydrogen-bond donors (Lipinski definition) is 2. The van der Waals surface area contributed by atoms with Gasteiger partial charge < -0.3 is 19.9 Å². The summed E-state index contributed by atoms with van der Waals surface area (Å²) in [6.45, 7) is 1.67. The largest absolute Gasteiger partial charge is 0.493 e. The van der Waals surface area contributed by atoms with Gasteiger partial charge in [0.1, 0.15) is 5.75 Å². The molecule has 1 rings (SSSR count). The zero-order valence-electron chi connectivity index (χ0n) is 10.6. The molecule has 0 unspecified atom stereocenters. The second-order valence-electron chi connectivity index (χ2n) is 3.65. The fourth-order valence-corrected chi connectivity index (χ4v) is 1.53. The van der Waals surface area contributed by atoms with Crippen LogP contribution in [0, 0.1) is 0 Å². The molecule has 0 aliphatic rings. The van der Waals surface area contributed by atoms with Crippen molar-refractivity contribution < 1.29 is 19.4 Å². The Morgan fingerprint density at radius 3 is 2.58 bits per heavy atom. The van der Waals surface area contributed by atoms with E-state index in [0.717, 1.165) is 11.1 Å². The number of hydrogen-bond acceptors (Lipinski definition) is 4. The molecule has 0 bridgehead atoms. The molecule has 19 heavy (non-hydrogen) atoms. The smallest absolute Gasteiger partial charge is 0.251 e. The number of benzene rings is 1. The van der Waals surface area contributed by atoms with E-state index in [0.29, 0.717) is 25.3 Å². The standard InChI is InChI=1S/C13H18BrNO4/c14-5-8-19-12-3-1-11(2-4-12)13(17)15-6-9-18-10-7-16/h1-4,16H,5-10H2,(H,15,17). The Hall–Kier alpha value is -1.11. The van der Waals surface area contributed by atoms with Gasteiger partial charge in [-0.1, -0.05) is 15.9 Å². The van der Waals surface area contributed by atoms with Gasteiger partial charge in [0.2, 0.25) is 0 Å². The van der Waals surface area contributed by atoms with Crippen molar-refractivity contribution in [3.05, 3.63) is 29.8 Å². The number of carbonyl (C=O) groups is 1. The number of rotatable bonds is 9. The van der Waals surface area contributed by atoms with E-state index in [1.165, 1.54) is 0 Å². The Bertz CT molecular complexity index is 369. The zero-order valence-corrected chi connectivity index (χ0v) is 12.2. The SMILES string of the molecule is O=C(NCCOCCO)c1ccc(OCCBr)cc1. The molecular formula is C13H18BrNO4. The van der Waals surface area contributed by atoms with Gasteiger partial charge in [-0.25, -0.2) is 0 Å². The molecule has 0 atom stereocenters. The van der Waals surface area contributed by atoms with E-state index in [2.05, 4.69) is 21.2 Å². The highest BCUT2D eigenvalue weighted by Gasteiger charge is 2.04. The topological polar surface area (TPSA) is 67.8 Å². The van der Waals surface area contributed by atoms with Gasteiger partial charge in [0, 0.05) is 17.4 Å². The van der Waals surface area contributed by atoms with Gasteiger partial charge in [0.15, 0.2) is 0 Å². The van der Waals surface area contributed by atoms with E-state index in [1.807, 2.05) is 0 Å². The minimum Gasteiger partial charge on any atom is -0.493 e. The van der Waals surface area contributed by atoms with Gasteiger partial charge in [-0.3, -0.25) is 4.79 Å². The molecule has 0 heterocycles. The van der Waals surface area contributed by atoms with Crippen molar-refractivity contribution in [2.75, 3.05) is 38.3 Å². The second kappa shape index (κ2) is 9.77. The number of aliphatic hydroxyl groups is 1. The predicted octanol–water partition coefficient (Wildman–Crippen LogP) is 1.20. The van der Waals surface area contributed by atoms with Crippen molar-refractivity contribution in [2.45, 2.75) is 0 Å². The average molecular weight is 332 g/mol. The quantitative estimate of drug-likeness (QED) is 0.527. The number of alkyl halides is 1. The lowest BCUT2D eigenvalue weighted by Gasteiger charge is -2.07. The second-order valence-corrected chi connectivity index (χ2v) is 4.45. The number of aliphatic hydroxyl groups excluding tert-OH is 1. The fraction of sp³-hybridized carbons (Fsp3) is 0.462. The average Bonchev–Trinajstić information content (AvgIpc) is 2.45. The van der Waals surface area contributed by atoms with Crippen molar-refractivity contribution in [1.82, 2.24) is 5.32 Å². The van der Waals surface area contributed by atoms with Crippen molar-refractivity contribution in [3.8, 4) is 5.75 Å². The van der Waals surface area contributed by atoms with Gasteiger partial charge >= 0.3 is 0 Å². The van der Waals surface area contributed by atoms with Gasteiger partial charge in [0.05, 0.1) is 26.4 Å². The molecular weight excluding hydrogens is 314 g/mol. The maximum absolute atomic E-state index is 11.7. The summed E-state index contributed by atoms with van der Waals surface area (Å²) in [5, 5.41) is 12.0. The molecule has 1 aromatic rings. The third kappa shape index (κ3) is 6.56. The van der Waals surface area contributed by atoms with Crippen LogP contribution in [0.1, 0.15) is 10.4 Å². The molecule has 0 aliphatic carbocycles. The van der Waals surface area contributed by atoms with Gasteiger partial charge in [-0.2, -0.15) is 0 Å². The third-order valence-electron chi connectivity index (χ3n) is 2.23. The zero-order chi connectivity index (χ0) is 13.9. The van der Waals surface area contributed by atoms with Crippen LogP contribution in [-0.2, 0) is 4.74 Å². The molecule has 0 aliphatic heterocycles. The first-order valence-corrected chi connectivity index (χ1v) is 7.15. The van der Waals surface area contributed by atoms with E-state index < -0.39 is 0 Å². The minimum atomic E-state index is -0.153. The highest BCUT2D eigenvalue weighted by molar-refractivity contribution is 9.09. The van der Waals surface area contributed by atoms with Crippen molar-refractivity contribution >= 4 is 21.8 Å². The number of carbonyl (C=O) groups excluding carboxylic acids is 1. The van der Waals surface area contributed by atoms with Crippen LogP contribution >= 0.6 is 15.9 Å². The molecule has 106 valence electrons. The Morgan fingerprint density at radius 1 is 1.21 bits per heavy atom. The molecule has 5 nitrogen and oxygen atoms in total. The lowest BCUT2D eigenvalue weighted by atomic mass is 10.2. The Morgan fingerprint density at radius 2 is 1.95 bits per heavy atom. The summed E-state index contributed by atoms with van der Waals surface area (Å²) in [6, 6.07) is 6.96. The molecule has 0 saturated carbocycles. The normalized spacial score (nSPS) is 10.2. The Balaban J connectivity index is 2.32. The van der Waals surface area contributed by atoms with Gasteiger partial charge in [0.25, 0.3) is 5.91 Å². The third-order valence-corrected chi connectivity index (χ3v) is 2.55. The summed E-state index contributed by atoms with van der Waals surface area (Å²) in [4.78, 5) is 11.7. The van der Waals surface area contributed by atoms with E-state index in [1.54, 1.807) is 24.3 Å². The Kier molecular flexibility index (Phi) is 8.20. The van der Waals surface area contributed by atoms with Crippen molar-refractivity contribution in [1.29, 1.82) is 0 Å². The molecule has 0 spiro atoms. The molecule has 2 N–H and O–H groups in total. The predicted molar refractivity (Wildman–Crippen MR) is 76.0 cm³/mol. The number of halogens is 1. The molecule has 0 aromatic heterocycles. The lowest BCUT2D eigenvalue weighted by Crippen LogP contribution is -2.27. The van der Waals surface area contributed by atoms with Gasteiger partial charge in [-0.15, -0.1) is 0 Å². The van der Waals surface area contributed by atoms with Crippen molar-refractivity contribution in [3.63, 3.8) is 0 Å². The van der Waals surface area contributed by atoms with Crippen LogP contribution in [0.4, 0.5) is 0 Å². The molecule has 0 saturated heterocycles. The fourth-order valence-electron chi connectivity index (χ4n) is 1.36. The molecule has 0 fully saturated rings. The van der Waals surface area contributed by atoms with E-state index in [-0.39, 0.29) is 19.1 Å². The van der Waals surface area contributed by atoms with Crippen LogP contribution < -0.4 is 10.1 Å². The Labute approximate surface area is 121 Å². The maximum Gasteiger partial charge on any atom is 0.251 e. The van der Waals surface area contributed by atoms with Crippen molar-refractivity contribution in [2.24, 2.45) is 0 Å². The summed E-state index contributed by atoms with van der Waals surface area (Å²) in [6.07, 6.45) is 0. The van der Waals surface area contributed by atoms with Crippen LogP contribution in [0.15, 0.2) is 24.3 Å². The lowest BCUT2D eigenvalue weighted by molar-refractivity contribution is 0.0838. The van der Waals surface area contributed by atoms with Gasteiger partial charge in [-0.05, 0) is 24.3 Å². The van der Waals surface area contributed by atoms with E-state index >= 15 is 0 Å². The van der Waals surface area contributed by atoms with Crippen LogP contribution in [0.3, 0.4) is 0 Å². The summed E-state index contributed by atoms with van der Waals surface area (Å²) >= 11 is 3.27. The van der Waals surface area contributed by atoms with E-state index in [9.17, 15) is 4.79 Å². The molecule has 1 aromatic carbocycles. The summed E-state index contributed by atoms with van der Waals surface area (Å²) in [5.41, 5.74) is 0.577. The maximum atomic E-state index is 11.7. The first-order chi connectivity index (χ1) is 9.27. The molecule has 1 amide bonds. The van der Waals surface area contributed by atoms with Crippen LogP contribution in [0.5, 0.6) is 5.75 Å². The number of amides is 1. The molecule has 0 radical (unpaired) electrons. The van der Waals surface area contributed by atoms with Crippen LogP contribution in [0.2, 0.25) is 0 Å². The van der Waals surface area contributed by atoms with E-state index in [4.69, 9.17) is 14.6 Å². The minimum absolute atomic E-state index is 0.0101. The highest BCUT2D eigenvalue weighted by atomic mass is 79.9. The number of ether oxygens (including phenoxy) is 2. The van der Waals surface area contributed by atoms with Crippen LogP contribution in [0.25, 0.3) is 0 Å². The summed E-state index contributed by atoms with van der Waals surface area (Å²) in [7, 11) is 0. The first-order valence-electron chi connectivity index (χ1n) is 6.03. The number of nitrogens with one attached hydrogen (secondary N) is 1. The summed E-state index contributed by atoms with van der Waals surface area (Å²) in [5.74, 6) is 0.585. The summed E-state index contributed by atoms with van der Waals surface area (Å²) < 4.78 is 10.4. The first kappa shape index (κ1) is 15.9. The van der Waals surface area contributed by atoms with Crippen LogP contribution in [-0.4, -0.2) is 49.3 Å².